The van der Waals surface area contributed by atoms with Gasteiger partial charge in [0.15, 0.2) is 5.75 Å². The number of hydrogen-bond acceptors (Lipinski definition) is 5. The zero-order chi connectivity index (χ0) is 9.97. The predicted octanol–water partition coefficient (Wildman–Crippen LogP) is 1.41. The van der Waals surface area contributed by atoms with E-state index in [0.717, 1.165) is 17.2 Å². The van der Waals surface area contributed by atoms with E-state index in [1.165, 1.54) is 7.05 Å². The zero-order valence-corrected chi connectivity index (χ0v) is 8.17. The normalized spacial score (nSPS) is 10.1. The van der Waals surface area contributed by atoms with Gasteiger partial charge in [-0.3, -0.25) is 0 Å². The zero-order valence-electron chi connectivity index (χ0n) is 7.35. The van der Waals surface area contributed by atoms with Crippen LogP contribution in [-0.2, 0) is 0 Å². The molecule has 1 aromatic heterocycles. The van der Waals surface area contributed by atoms with Crippen LogP contribution in [0.4, 0.5) is 4.79 Å². The van der Waals surface area contributed by atoms with Gasteiger partial charge in [0.05, 0.1) is 11.7 Å². The number of ether oxygens (including phenoxy) is 1. The number of amides is 1. The molecule has 0 aliphatic rings. The van der Waals surface area contributed by atoms with Crippen LogP contribution in [0.5, 0.6) is 5.75 Å². The van der Waals surface area contributed by atoms with Gasteiger partial charge < -0.3 is 10.1 Å². The molecule has 1 aromatic carbocycles. The molecule has 0 atom stereocenters. The van der Waals surface area contributed by atoms with E-state index < -0.39 is 6.09 Å². The lowest BCUT2D eigenvalue weighted by molar-refractivity contribution is 0.203. The third-order valence-electron chi connectivity index (χ3n) is 1.66. The third-order valence-corrected chi connectivity index (χ3v) is 2.20. The van der Waals surface area contributed by atoms with Gasteiger partial charge in [0.2, 0.25) is 0 Å². The molecule has 1 N–H and O–H groups in total. The number of benzene rings is 1. The molecule has 0 bridgehead atoms. The summed E-state index contributed by atoms with van der Waals surface area (Å²) in [6.07, 6.45) is -0.509. The minimum Gasteiger partial charge on any atom is -0.408 e. The highest BCUT2D eigenvalue weighted by atomic mass is 32.1. The SMILES string of the molecule is CNC(=O)Oc1cccc2nsnc12. The van der Waals surface area contributed by atoms with Crippen molar-refractivity contribution in [2.24, 2.45) is 0 Å². The van der Waals surface area contributed by atoms with E-state index in [1.807, 2.05) is 6.07 Å². The largest absolute Gasteiger partial charge is 0.412 e. The molecule has 0 unspecified atom stereocenters. The average Bonchev–Trinajstić information content (AvgIpc) is 2.66. The second kappa shape index (κ2) is 3.59. The van der Waals surface area contributed by atoms with Gasteiger partial charge in [-0.05, 0) is 12.1 Å². The van der Waals surface area contributed by atoms with E-state index in [1.54, 1.807) is 12.1 Å². The molecule has 1 heterocycles. The fourth-order valence-corrected chi connectivity index (χ4v) is 1.56. The molecule has 6 heteroatoms. The van der Waals surface area contributed by atoms with Crippen LogP contribution in [0, 0.1) is 0 Å². The van der Waals surface area contributed by atoms with Crippen LogP contribution < -0.4 is 10.1 Å². The summed E-state index contributed by atoms with van der Waals surface area (Å²) in [6, 6.07) is 5.26. The molecule has 2 aromatic rings. The Bertz CT molecular complexity index is 468. The average molecular weight is 209 g/mol. The molecule has 0 aliphatic carbocycles. The van der Waals surface area contributed by atoms with Gasteiger partial charge in [-0.1, -0.05) is 6.07 Å². The lowest BCUT2D eigenvalue weighted by atomic mass is 10.3. The lowest BCUT2D eigenvalue weighted by Gasteiger charge is -2.02. The van der Waals surface area contributed by atoms with Crippen molar-refractivity contribution in [1.29, 1.82) is 0 Å². The Kier molecular flexibility index (Phi) is 2.28. The smallest absolute Gasteiger partial charge is 0.408 e. The fourth-order valence-electron chi connectivity index (χ4n) is 1.01. The van der Waals surface area contributed by atoms with Crippen LogP contribution in [0.1, 0.15) is 0 Å². The molecular formula is C8H7N3O2S. The van der Waals surface area contributed by atoms with Crippen molar-refractivity contribution >= 4 is 28.9 Å². The van der Waals surface area contributed by atoms with Gasteiger partial charge in [0.1, 0.15) is 11.0 Å². The van der Waals surface area contributed by atoms with Crippen molar-refractivity contribution in [3.8, 4) is 5.75 Å². The van der Waals surface area contributed by atoms with Gasteiger partial charge in [-0.15, -0.1) is 0 Å². The highest BCUT2D eigenvalue weighted by molar-refractivity contribution is 7.00. The van der Waals surface area contributed by atoms with Crippen molar-refractivity contribution in [3.05, 3.63) is 18.2 Å². The molecule has 1 amide bonds. The number of aromatic nitrogens is 2. The molecular weight excluding hydrogens is 202 g/mol. The summed E-state index contributed by atoms with van der Waals surface area (Å²) >= 11 is 1.09. The first-order valence-corrected chi connectivity index (χ1v) is 4.65. The van der Waals surface area contributed by atoms with E-state index in [-0.39, 0.29) is 0 Å². The lowest BCUT2D eigenvalue weighted by Crippen LogP contribution is -2.22. The van der Waals surface area contributed by atoms with E-state index >= 15 is 0 Å². The monoisotopic (exact) mass is 209 g/mol. The first kappa shape index (κ1) is 8.89. The standard InChI is InChI=1S/C8H7N3O2S/c1-9-8(12)13-6-4-2-3-5-7(6)11-14-10-5/h2-4H,1H3,(H,9,12). The minimum atomic E-state index is -0.509. The summed E-state index contributed by atoms with van der Waals surface area (Å²) in [5, 5.41) is 2.36. The summed E-state index contributed by atoms with van der Waals surface area (Å²) in [6.45, 7) is 0. The molecule has 0 saturated heterocycles. The number of nitrogens with zero attached hydrogens (tertiary/aromatic N) is 2. The Morgan fingerprint density at radius 2 is 2.36 bits per heavy atom. The van der Waals surface area contributed by atoms with Crippen molar-refractivity contribution in [2.45, 2.75) is 0 Å². The summed E-state index contributed by atoms with van der Waals surface area (Å²) in [5.74, 6) is 0.426. The second-order valence-electron chi connectivity index (χ2n) is 2.53. The summed E-state index contributed by atoms with van der Waals surface area (Å²) in [4.78, 5) is 11.0. The predicted molar refractivity (Wildman–Crippen MR) is 52.5 cm³/mol. The summed E-state index contributed by atoms with van der Waals surface area (Å²) in [5.41, 5.74) is 1.34. The molecule has 5 nitrogen and oxygen atoms in total. The number of nitrogens with one attached hydrogen (secondary N) is 1. The number of rotatable bonds is 1. The van der Waals surface area contributed by atoms with Gasteiger partial charge in [-0.25, -0.2) is 4.79 Å². The molecule has 0 radical (unpaired) electrons. The molecule has 0 fully saturated rings. The Labute approximate surface area is 84.0 Å². The topological polar surface area (TPSA) is 64.1 Å². The van der Waals surface area contributed by atoms with Crippen LogP contribution in [0.15, 0.2) is 18.2 Å². The molecule has 72 valence electrons. The third kappa shape index (κ3) is 1.51. The second-order valence-corrected chi connectivity index (χ2v) is 3.06. The molecule has 14 heavy (non-hydrogen) atoms. The number of carbonyl (C=O) groups excluding carboxylic acids is 1. The van der Waals surface area contributed by atoms with Gasteiger partial charge >= 0.3 is 6.09 Å². The molecule has 0 saturated carbocycles. The maximum absolute atomic E-state index is 11.0. The van der Waals surface area contributed by atoms with Gasteiger partial charge in [0, 0.05) is 7.05 Å². The van der Waals surface area contributed by atoms with Crippen molar-refractivity contribution in [3.63, 3.8) is 0 Å². The van der Waals surface area contributed by atoms with E-state index in [2.05, 4.69) is 14.1 Å². The van der Waals surface area contributed by atoms with E-state index in [0.29, 0.717) is 11.3 Å². The minimum absolute atomic E-state index is 0.426. The first-order valence-electron chi connectivity index (χ1n) is 3.92. The Hall–Kier alpha value is -1.69. The van der Waals surface area contributed by atoms with Gasteiger partial charge in [0.25, 0.3) is 0 Å². The van der Waals surface area contributed by atoms with Crippen LogP contribution in [0.3, 0.4) is 0 Å². The van der Waals surface area contributed by atoms with Crippen molar-refractivity contribution in [1.82, 2.24) is 14.1 Å². The maximum atomic E-state index is 11.0. The molecule has 0 aliphatic heterocycles. The van der Waals surface area contributed by atoms with Crippen LogP contribution in [0.2, 0.25) is 0 Å². The number of fused-ring (bicyclic) bond motifs is 1. The summed E-state index contributed by atoms with van der Waals surface area (Å²) in [7, 11) is 1.50. The quantitative estimate of drug-likeness (QED) is 0.771. The fraction of sp³-hybridized carbons (Fsp3) is 0.125. The van der Waals surface area contributed by atoms with Gasteiger partial charge in [-0.2, -0.15) is 8.75 Å². The van der Waals surface area contributed by atoms with Crippen molar-refractivity contribution < 1.29 is 9.53 Å². The highest BCUT2D eigenvalue weighted by Crippen LogP contribution is 2.23. The number of carbonyl (C=O) groups is 1. The molecule has 0 spiro atoms. The molecule has 2 rings (SSSR count). The van der Waals surface area contributed by atoms with Crippen LogP contribution in [-0.4, -0.2) is 21.9 Å². The van der Waals surface area contributed by atoms with Crippen LogP contribution in [0.25, 0.3) is 11.0 Å². The summed E-state index contributed by atoms with van der Waals surface area (Å²) < 4.78 is 13.1. The first-order chi connectivity index (χ1) is 6.81. The Balaban J connectivity index is 2.41. The maximum Gasteiger partial charge on any atom is 0.412 e. The van der Waals surface area contributed by atoms with E-state index in [4.69, 9.17) is 4.74 Å². The highest BCUT2D eigenvalue weighted by Gasteiger charge is 2.08. The van der Waals surface area contributed by atoms with Crippen molar-refractivity contribution in [2.75, 3.05) is 7.05 Å². The Morgan fingerprint density at radius 1 is 1.50 bits per heavy atom. The number of hydrogen-bond donors (Lipinski definition) is 1. The van der Waals surface area contributed by atoms with E-state index in [9.17, 15) is 4.79 Å². The van der Waals surface area contributed by atoms with Crippen LogP contribution >= 0.6 is 11.7 Å². The Morgan fingerprint density at radius 3 is 3.14 bits per heavy atom.